The maximum absolute atomic E-state index is 13.4. The van der Waals surface area contributed by atoms with Gasteiger partial charge in [-0.1, -0.05) is 0 Å². The predicted octanol–water partition coefficient (Wildman–Crippen LogP) is 2.70. The lowest BCUT2D eigenvalue weighted by molar-refractivity contribution is -0.119. The van der Waals surface area contributed by atoms with Crippen LogP contribution in [0.2, 0.25) is 0 Å². The Labute approximate surface area is 140 Å². The number of benzene rings is 1. The van der Waals surface area contributed by atoms with Crippen LogP contribution in [0, 0.1) is 11.6 Å². The van der Waals surface area contributed by atoms with Gasteiger partial charge in [0, 0.05) is 17.9 Å². The number of Topliss-reactive ketones (excluding diaryl/α,β-unsaturated/α-hetero) is 1. The Hall–Kier alpha value is -2.61. The number of esters is 1. The van der Waals surface area contributed by atoms with Gasteiger partial charge >= 0.3 is 5.97 Å². The van der Waals surface area contributed by atoms with Crippen molar-refractivity contribution in [1.82, 2.24) is 5.32 Å². The van der Waals surface area contributed by atoms with E-state index in [1.165, 1.54) is 6.92 Å². The fourth-order valence-corrected chi connectivity index (χ4v) is 2.64. The van der Waals surface area contributed by atoms with Gasteiger partial charge in [-0.15, -0.1) is 11.3 Å². The van der Waals surface area contributed by atoms with E-state index < -0.39 is 35.6 Å². The summed E-state index contributed by atoms with van der Waals surface area (Å²) in [5.74, 6) is -3.56. The van der Waals surface area contributed by atoms with Gasteiger partial charge in [-0.05, 0) is 24.3 Å². The number of halogens is 2. The molecular formula is C16H13F2NO4S. The lowest BCUT2D eigenvalue weighted by Gasteiger charge is -2.04. The van der Waals surface area contributed by atoms with Gasteiger partial charge in [0.1, 0.15) is 11.6 Å². The van der Waals surface area contributed by atoms with Crippen molar-refractivity contribution in [1.29, 1.82) is 0 Å². The van der Waals surface area contributed by atoms with Crippen molar-refractivity contribution in [3.8, 4) is 0 Å². The number of thiophene rings is 1. The van der Waals surface area contributed by atoms with Crippen molar-refractivity contribution in [2.75, 3.05) is 6.61 Å². The number of hydrogen-bond donors (Lipinski definition) is 1. The molecule has 0 bridgehead atoms. The van der Waals surface area contributed by atoms with E-state index in [1.54, 1.807) is 12.1 Å². The molecule has 0 saturated heterocycles. The summed E-state index contributed by atoms with van der Waals surface area (Å²) in [6.45, 7) is 1.12. The van der Waals surface area contributed by atoms with Crippen LogP contribution in [0.15, 0.2) is 30.3 Å². The van der Waals surface area contributed by atoms with Gasteiger partial charge in [-0.25, -0.2) is 13.6 Å². The second-order valence-corrected chi connectivity index (χ2v) is 5.97. The predicted molar refractivity (Wildman–Crippen MR) is 82.8 cm³/mol. The summed E-state index contributed by atoms with van der Waals surface area (Å²) in [7, 11) is 0. The summed E-state index contributed by atoms with van der Waals surface area (Å²) in [5, 5.41) is 2.60. The Morgan fingerprint density at radius 3 is 2.58 bits per heavy atom. The van der Waals surface area contributed by atoms with Crippen LogP contribution in [0.4, 0.5) is 8.78 Å². The van der Waals surface area contributed by atoms with Crippen LogP contribution in [0.25, 0.3) is 0 Å². The molecule has 126 valence electrons. The average Bonchev–Trinajstić information content (AvgIpc) is 2.99. The number of hydrogen-bond acceptors (Lipinski definition) is 5. The van der Waals surface area contributed by atoms with Crippen molar-refractivity contribution in [2.24, 2.45) is 0 Å². The van der Waals surface area contributed by atoms with Crippen molar-refractivity contribution in [3.63, 3.8) is 0 Å². The fourth-order valence-electron chi connectivity index (χ4n) is 1.77. The summed E-state index contributed by atoms with van der Waals surface area (Å²) in [4.78, 5) is 35.6. The second-order valence-electron chi connectivity index (χ2n) is 4.80. The molecule has 2 aromatic rings. The molecule has 0 fully saturated rings. The summed E-state index contributed by atoms with van der Waals surface area (Å²) in [6.07, 6.45) is 0. The molecule has 24 heavy (non-hydrogen) atoms. The first kappa shape index (κ1) is 17.7. The van der Waals surface area contributed by atoms with Gasteiger partial charge in [-0.3, -0.25) is 9.59 Å². The highest BCUT2D eigenvalue weighted by Gasteiger charge is 2.17. The third kappa shape index (κ3) is 4.69. The molecule has 1 aromatic carbocycles. The summed E-state index contributed by atoms with van der Waals surface area (Å²) >= 11 is 1.16. The van der Waals surface area contributed by atoms with Crippen LogP contribution in [0.3, 0.4) is 0 Å². The highest BCUT2D eigenvalue weighted by Crippen LogP contribution is 2.17. The van der Waals surface area contributed by atoms with E-state index in [9.17, 15) is 23.2 Å². The molecule has 1 aromatic heterocycles. The lowest BCUT2D eigenvalue weighted by atomic mass is 10.2. The maximum atomic E-state index is 13.4. The molecule has 0 aliphatic rings. The standard InChI is InChI=1S/C16H13F2NO4S/c1-9(20)19-7-11-3-5-15(24-11)14(21)8-23-16(22)12-4-2-10(17)6-13(12)18/h2-6H,7-8H2,1H3,(H,19,20). The van der Waals surface area contributed by atoms with Gasteiger partial charge in [0.2, 0.25) is 11.7 Å². The average molecular weight is 353 g/mol. The van der Waals surface area contributed by atoms with Crippen LogP contribution in [0.5, 0.6) is 0 Å². The van der Waals surface area contributed by atoms with E-state index in [2.05, 4.69) is 5.32 Å². The molecule has 8 heteroatoms. The van der Waals surface area contributed by atoms with Gasteiger partial charge in [-0.2, -0.15) is 0 Å². The largest absolute Gasteiger partial charge is 0.454 e. The molecule has 0 radical (unpaired) electrons. The number of amides is 1. The molecule has 0 atom stereocenters. The zero-order valence-electron chi connectivity index (χ0n) is 12.6. The molecule has 1 heterocycles. The van der Waals surface area contributed by atoms with E-state index in [0.717, 1.165) is 28.3 Å². The molecule has 0 unspecified atom stereocenters. The van der Waals surface area contributed by atoms with E-state index >= 15 is 0 Å². The fraction of sp³-hybridized carbons (Fsp3) is 0.188. The first-order valence-electron chi connectivity index (χ1n) is 6.85. The van der Waals surface area contributed by atoms with Gasteiger partial charge in [0.15, 0.2) is 6.61 Å². The van der Waals surface area contributed by atoms with Gasteiger partial charge < -0.3 is 10.1 Å². The maximum Gasteiger partial charge on any atom is 0.341 e. The van der Waals surface area contributed by atoms with Crippen LogP contribution in [-0.4, -0.2) is 24.3 Å². The van der Waals surface area contributed by atoms with Crippen LogP contribution >= 0.6 is 11.3 Å². The Kier molecular flexibility index (Phi) is 5.75. The zero-order valence-corrected chi connectivity index (χ0v) is 13.4. The number of nitrogens with one attached hydrogen (secondary N) is 1. The summed E-state index contributed by atoms with van der Waals surface area (Å²) in [6, 6.07) is 5.67. The first-order valence-corrected chi connectivity index (χ1v) is 7.67. The van der Waals surface area contributed by atoms with Crippen LogP contribution in [0.1, 0.15) is 31.8 Å². The second kappa shape index (κ2) is 7.78. The highest BCUT2D eigenvalue weighted by atomic mass is 32.1. The number of ether oxygens (including phenoxy) is 1. The molecule has 5 nitrogen and oxygen atoms in total. The third-order valence-corrected chi connectivity index (χ3v) is 4.06. The normalized spacial score (nSPS) is 10.3. The van der Waals surface area contributed by atoms with Gasteiger partial charge in [0.25, 0.3) is 0 Å². The van der Waals surface area contributed by atoms with Crippen LogP contribution in [-0.2, 0) is 16.1 Å². The Morgan fingerprint density at radius 2 is 1.92 bits per heavy atom. The highest BCUT2D eigenvalue weighted by molar-refractivity contribution is 7.14. The topological polar surface area (TPSA) is 72.5 Å². The quantitative estimate of drug-likeness (QED) is 0.640. The molecule has 0 aliphatic carbocycles. The monoisotopic (exact) mass is 353 g/mol. The van der Waals surface area contributed by atoms with Crippen molar-refractivity contribution in [3.05, 3.63) is 57.3 Å². The van der Waals surface area contributed by atoms with Crippen molar-refractivity contribution in [2.45, 2.75) is 13.5 Å². The molecular weight excluding hydrogens is 340 g/mol. The number of carbonyl (C=O) groups excluding carboxylic acids is 3. The molecule has 0 spiro atoms. The van der Waals surface area contributed by atoms with Crippen LogP contribution < -0.4 is 5.32 Å². The van der Waals surface area contributed by atoms with Gasteiger partial charge in [0.05, 0.1) is 17.0 Å². The molecule has 0 saturated carbocycles. The number of rotatable bonds is 6. The minimum absolute atomic E-state index is 0.188. The molecule has 0 aliphatic heterocycles. The number of carbonyl (C=O) groups is 3. The Balaban J connectivity index is 1.93. The minimum Gasteiger partial charge on any atom is -0.454 e. The smallest absolute Gasteiger partial charge is 0.341 e. The molecule has 2 rings (SSSR count). The van der Waals surface area contributed by atoms with Crippen molar-refractivity contribution < 1.29 is 27.9 Å². The van der Waals surface area contributed by atoms with E-state index in [1.807, 2.05) is 0 Å². The van der Waals surface area contributed by atoms with E-state index in [-0.39, 0.29) is 5.91 Å². The van der Waals surface area contributed by atoms with Crippen molar-refractivity contribution >= 4 is 29.0 Å². The first-order chi connectivity index (χ1) is 11.4. The minimum atomic E-state index is -1.05. The lowest BCUT2D eigenvalue weighted by Crippen LogP contribution is -2.18. The summed E-state index contributed by atoms with van der Waals surface area (Å²) in [5.41, 5.74) is -0.443. The zero-order chi connectivity index (χ0) is 17.7. The van der Waals surface area contributed by atoms with E-state index in [0.29, 0.717) is 17.5 Å². The SMILES string of the molecule is CC(=O)NCc1ccc(C(=O)COC(=O)c2ccc(F)cc2F)s1. The Bertz CT molecular complexity index is 788. The number of ketones is 1. The Morgan fingerprint density at radius 1 is 1.17 bits per heavy atom. The summed E-state index contributed by atoms with van der Waals surface area (Å²) < 4.78 is 31.0. The molecule has 1 N–H and O–H groups in total. The van der Waals surface area contributed by atoms with E-state index in [4.69, 9.17) is 4.74 Å². The molecule has 1 amide bonds. The third-order valence-electron chi connectivity index (χ3n) is 2.93.